The smallest absolute Gasteiger partial charge is 0.337 e. The second kappa shape index (κ2) is 8.68. The molecular weight excluding hydrogens is 374 g/mol. The second-order valence-electron chi connectivity index (χ2n) is 6.42. The fourth-order valence-electron chi connectivity index (χ4n) is 3.11. The van der Waals surface area contributed by atoms with Crippen molar-refractivity contribution in [1.82, 2.24) is 4.90 Å². The number of fused-ring (bicyclic) bond motifs is 1. The summed E-state index contributed by atoms with van der Waals surface area (Å²) in [5.41, 5.74) is 0.868. The molecule has 3 rings (SSSR count). The summed E-state index contributed by atoms with van der Waals surface area (Å²) in [6.07, 6.45) is 0. The van der Waals surface area contributed by atoms with Crippen molar-refractivity contribution >= 4 is 16.9 Å². The summed E-state index contributed by atoms with van der Waals surface area (Å²) < 4.78 is 21.3. The molecule has 1 heterocycles. The number of amides is 1. The van der Waals surface area contributed by atoms with E-state index in [2.05, 4.69) is 0 Å². The van der Waals surface area contributed by atoms with Gasteiger partial charge in [0.1, 0.15) is 11.3 Å². The van der Waals surface area contributed by atoms with E-state index in [0.29, 0.717) is 41.4 Å². The predicted octanol–water partition coefficient (Wildman–Crippen LogP) is 3.48. The third-order valence-corrected chi connectivity index (χ3v) is 4.47. The minimum absolute atomic E-state index is 0.280. The average Bonchev–Trinajstić information content (AvgIpc) is 2.72. The van der Waals surface area contributed by atoms with Crippen LogP contribution in [-0.2, 0) is 6.54 Å². The lowest BCUT2D eigenvalue weighted by Crippen LogP contribution is -2.27. The summed E-state index contributed by atoms with van der Waals surface area (Å²) in [6.45, 7) is 2.68. The van der Waals surface area contributed by atoms with Crippen molar-refractivity contribution < 1.29 is 23.4 Å². The Morgan fingerprint density at radius 3 is 2.48 bits per heavy atom. The van der Waals surface area contributed by atoms with Crippen molar-refractivity contribution in [2.75, 3.05) is 27.9 Å². The fourth-order valence-corrected chi connectivity index (χ4v) is 3.11. The summed E-state index contributed by atoms with van der Waals surface area (Å²) >= 11 is 0. The lowest BCUT2D eigenvalue weighted by Gasteiger charge is -2.19. The first kappa shape index (κ1) is 20.3. The fraction of sp³-hybridized carbons (Fsp3) is 0.273. The highest BCUT2D eigenvalue weighted by molar-refractivity contribution is 6.05. The number of ether oxygens (including phenoxy) is 3. The molecule has 2 aromatic carbocycles. The summed E-state index contributed by atoms with van der Waals surface area (Å²) in [5.74, 6) is 1.48. The molecule has 0 radical (unpaired) electrons. The quantitative estimate of drug-likeness (QED) is 0.568. The predicted molar refractivity (Wildman–Crippen MR) is 109 cm³/mol. The lowest BCUT2D eigenvalue weighted by atomic mass is 10.1. The molecule has 1 aromatic heterocycles. The summed E-state index contributed by atoms with van der Waals surface area (Å²) in [4.78, 5) is 26.6. The van der Waals surface area contributed by atoms with E-state index in [1.807, 2.05) is 19.1 Å². The van der Waals surface area contributed by atoms with Crippen molar-refractivity contribution in [2.24, 2.45) is 0 Å². The first-order valence-electron chi connectivity index (χ1n) is 9.14. The van der Waals surface area contributed by atoms with Gasteiger partial charge in [0.2, 0.25) is 0 Å². The van der Waals surface area contributed by atoms with Gasteiger partial charge in [-0.2, -0.15) is 0 Å². The number of carbonyl (C=O) groups excluding carboxylic acids is 1. The van der Waals surface area contributed by atoms with Gasteiger partial charge in [-0.05, 0) is 36.8 Å². The Balaban J connectivity index is 1.91. The Hall–Kier alpha value is -3.48. The van der Waals surface area contributed by atoms with Crippen molar-refractivity contribution in [1.29, 1.82) is 0 Å². The number of benzene rings is 2. The number of hydrogen-bond donors (Lipinski definition) is 0. The molecular formula is C22H23NO6. The van der Waals surface area contributed by atoms with Crippen LogP contribution in [0.25, 0.3) is 11.0 Å². The van der Waals surface area contributed by atoms with Crippen LogP contribution in [0.4, 0.5) is 0 Å². The van der Waals surface area contributed by atoms with Gasteiger partial charge in [0.25, 0.3) is 5.91 Å². The van der Waals surface area contributed by atoms with Gasteiger partial charge in [0, 0.05) is 31.1 Å². The van der Waals surface area contributed by atoms with Gasteiger partial charge in [0.05, 0.1) is 26.4 Å². The second-order valence-corrected chi connectivity index (χ2v) is 6.42. The number of methoxy groups -OCH3 is 2. The molecule has 152 valence electrons. The van der Waals surface area contributed by atoms with Crippen LogP contribution in [-0.4, -0.2) is 38.7 Å². The number of hydrogen-bond acceptors (Lipinski definition) is 6. The molecule has 7 heteroatoms. The Morgan fingerprint density at radius 2 is 1.79 bits per heavy atom. The van der Waals surface area contributed by atoms with Crippen molar-refractivity contribution in [3.8, 4) is 17.2 Å². The average molecular weight is 397 g/mol. The van der Waals surface area contributed by atoms with E-state index in [0.717, 1.165) is 5.56 Å². The summed E-state index contributed by atoms with van der Waals surface area (Å²) in [5, 5.41) is 0.553. The molecule has 0 saturated heterocycles. The van der Waals surface area contributed by atoms with Gasteiger partial charge in [-0.1, -0.05) is 6.07 Å². The first-order chi connectivity index (χ1) is 14.0. The van der Waals surface area contributed by atoms with Gasteiger partial charge in [-0.25, -0.2) is 4.79 Å². The van der Waals surface area contributed by atoms with E-state index >= 15 is 0 Å². The highest BCUT2D eigenvalue weighted by atomic mass is 16.5. The molecule has 7 nitrogen and oxygen atoms in total. The topological polar surface area (TPSA) is 78.2 Å². The van der Waals surface area contributed by atoms with Crippen LogP contribution >= 0.6 is 0 Å². The zero-order chi connectivity index (χ0) is 21.0. The molecule has 0 spiro atoms. The standard InChI is InChI=1S/C22H23NO6/c1-5-28-15-7-8-16-17(12-21(24)29-19(16)11-15)22(25)23(2)13-14-6-9-18(26-3)20(10-14)27-4/h6-12H,5,13H2,1-4H3. The third-order valence-electron chi connectivity index (χ3n) is 4.47. The normalized spacial score (nSPS) is 10.6. The number of nitrogens with zero attached hydrogens (tertiary/aromatic N) is 1. The molecule has 0 atom stereocenters. The van der Waals surface area contributed by atoms with E-state index in [1.54, 1.807) is 45.5 Å². The monoisotopic (exact) mass is 397 g/mol. The molecule has 0 fully saturated rings. The number of carbonyl (C=O) groups is 1. The van der Waals surface area contributed by atoms with Crippen LogP contribution in [0.1, 0.15) is 22.8 Å². The van der Waals surface area contributed by atoms with Gasteiger partial charge < -0.3 is 23.5 Å². The van der Waals surface area contributed by atoms with Gasteiger partial charge in [-0.15, -0.1) is 0 Å². The highest BCUT2D eigenvalue weighted by Crippen LogP contribution is 2.28. The highest BCUT2D eigenvalue weighted by Gasteiger charge is 2.18. The summed E-state index contributed by atoms with van der Waals surface area (Å²) in [6, 6.07) is 11.8. The molecule has 0 N–H and O–H groups in total. The van der Waals surface area contributed by atoms with Gasteiger partial charge in [0.15, 0.2) is 11.5 Å². The third kappa shape index (κ3) is 4.34. The van der Waals surface area contributed by atoms with Gasteiger partial charge in [-0.3, -0.25) is 4.79 Å². The zero-order valence-electron chi connectivity index (χ0n) is 16.9. The van der Waals surface area contributed by atoms with Crippen LogP contribution < -0.4 is 19.8 Å². The maximum Gasteiger partial charge on any atom is 0.337 e. The molecule has 0 bridgehead atoms. The van der Waals surface area contributed by atoms with Crippen LogP contribution in [0.15, 0.2) is 51.7 Å². The molecule has 1 amide bonds. The lowest BCUT2D eigenvalue weighted by molar-refractivity contribution is 0.0786. The van der Waals surface area contributed by atoms with E-state index in [4.69, 9.17) is 18.6 Å². The minimum atomic E-state index is -0.589. The molecule has 0 aliphatic rings. The van der Waals surface area contributed by atoms with E-state index < -0.39 is 5.63 Å². The minimum Gasteiger partial charge on any atom is -0.494 e. The largest absolute Gasteiger partial charge is 0.494 e. The Kier molecular flexibility index (Phi) is 6.07. The van der Waals surface area contributed by atoms with Crippen LogP contribution in [0.2, 0.25) is 0 Å². The molecule has 0 saturated carbocycles. The Bertz CT molecular complexity index is 1090. The SMILES string of the molecule is CCOc1ccc2c(C(=O)N(C)Cc3ccc(OC)c(OC)c3)cc(=O)oc2c1. The molecule has 0 unspecified atom stereocenters. The maximum absolute atomic E-state index is 13.1. The molecule has 0 aliphatic heterocycles. The Labute approximate surface area is 168 Å². The maximum atomic E-state index is 13.1. The van der Waals surface area contributed by atoms with Crippen molar-refractivity contribution in [3.63, 3.8) is 0 Å². The van der Waals surface area contributed by atoms with Crippen LogP contribution in [0.3, 0.4) is 0 Å². The van der Waals surface area contributed by atoms with E-state index in [1.165, 1.54) is 11.0 Å². The van der Waals surface area contributed by atoms with Gasteiger partial charge >= 0.3 is 5.63 Å². The van der Waals surface area contributed by atoms with Crippen molar-refractivity contribution in [3.05, 3.63) is 64.0 Å². The molecule has 0 aliphatic carbocycles. The van der Waals surface area contributed by atoms with Crippen LogP contribution in [0, 0.1) is 0 Å². The zero-order valence-corrected chi connectivity index (χ0v) is 16.9. The molecule has 3 aromatic rings. The molecule has 29 heavy (non-hydrogen) atoms. The first-order valence-corrected chi connectivity index (χ1v) is 9.14. The van der Waals surface area contributed by atoms with E-state index in [-0.39, 0.29) is 11.5 Å². The van der Waals surface area contributed by atoms with E-state index in [9.17, 15) is 9.59 Å². The number of rotatable bonds is 7. The van der Waals surface area contributed by atoms with Crippen LogP contribution in [0.5, 0.6) is 17.2 Å². The van der Waals surface area contributed by atoms with Crippen molar-refractivity contribution in [2.45, 2.75) is 13.5 Å². The Morgan fingerprint density at radius 1 is 1.03 bits per heavy atom. The summed E-state index contributed by atoms with van der Waals surface area (Å²) in [7, 11) is 4.80.